The Morgan fingerprint density at radius 2 is 1.56 bits per heavy atom. The Balaban J connectivity index is 2.08. The highest BCUT2D eigenvalue weighted by molar-refractivity contribution is 6.39. The second kappa shape index (κ2) is 13.8. The predicted molar refractivity (Wildman–Crippen MR) is 107 cm³/mol. The maximum absolute atomic E-state index is 13.4. The molecule has 0 atom stereocenters. The first-order chi connectivity index (χ1) is 13.0. The first-order valence-electron chi connectivity index (χ1n) is 9.55. The first kappa shape index (κ1) is 23.8. The quantitative estimate of drug-likeness (QED) is 0.227. The zero-order valence-corrected chi connectivity index (χ0v) is 17.4. The van der Waals surface area contributed by atoms with E-state index < -0.39 is 18.5 Å². The Morgan fingerprint density at radius 1 is 1.00 bits per heavy atom. The van der Waals surface area contributed by atoms with Crippen LogP contribution in [0.25, 0.3) is 0 Å². The zero-order valence-electron chi connectivity index (χ0n) is 15.9. The molecule has 1 aromatic rings. The number of carbonyl (C=O) groups excluding carboxylic acids is 1. The Morgan fingerprint density at radius 3 is 2.15 bits per heavy atom. The van der Waals surface area contributed by atoms with Gasteiger partial charge in [0.05, 0.1) is 12.3 Å². The van der Waals surface area contributed by atoms with E-state index in [2.05, 4.69) is 11.9 Å². The van der Waals surface area contributed by atoms with Gasteiger partial charge in [-0.25, -0.2) is 4.79 Å². The molecule has 27 heavy (non-hydrogen) atoms. The summed E-state index contributed by atoms with van der Waals surface area (Å²) in [5.74, 6) is -1.86. The minimum absolute atomic E-state index is 0.135. The Hall–Kier alpha value is -1.27. The molecule has 0 saturated heterocycles. The Kier molecular flexibility index (Phi) is 12.2. The fourth-order valence-corrected chi connectivity index (χ4v) is 2.93. The molecule has 0 bridgehead atoms. The number of anilines is 1. The molecule has 154 valence electrons. The van der Waals surface area contributed by atoms with E-state index in [0.717, 1.165) is 19.3 Å². The van der Waals surface area contributed by atoms with Gasteiger partial charge in [-0.15, -0.1) is 0 Å². The largest absolute Gasteiger partial charge is 0.464 e. The fraction of sp³-hybridized carbons (Fsp3) is 0.684. The van der Waals surface area contributed by atoms with Gasteiger partial charge in [0.2, 0.25) is 11.8 Å². The normalized spacial score (nSPS) is 10.8. The van der Waals surface area contributed by atoms with E-state index in [4.69, 9.17) is 38.4 Å². The van der Waals surface area contributed by atoms with Crippen LogP contribution in [0.3, 0.4) is 0 Å². The minimum Gasteiger partial charge on any atom is -0.464 e. The lowest BCUT2D eigenvalue weighted by Crippen LogP contribution is -2.16. The van der Waals surface area contributed by atoms with Crippen LogP contribution in [-0.4, -0.2) is 24.2 Å². The number of hydrogen-bond donors (Lipinski definition) is 1. The van der Waals surface area contributed by atoms with Crippen molar-refractivity contribution in [1.29, 1.82) is 0 Å². The summed E-state index contributed by atoms with van der Waals surface area (Å²) in [5.41, 5.74) is 5.35. The second-order valence-corrected chi connectivity index (χ2v) is 7.20. The van der Waals surface area contributed by atoms with Gasteiger partial charge in [-0.05, 0) is 6.42 Å². The number of pyridine rings is 1. The first-order valence-corrected chi connectivity index (χ1v) is 10.3. The van der Waals surface area contributed by atoms with Gasteiger partial charge in [0.25, 0.3) is 0 Å². The van der Waals surface area contributed by atoms with Crippen molar-refractivity contribution in [2.24, 2.45) is 0 Å². The van der Waals surface area contributed by atoms with E-state index in [1.807, 2.05) is 0 Å². The number of nitrogen functional groups attached to an aromatic ring is 1. The Bertz CT molecular complexity index is 589. The van der Waals surface area contributed by atoms with Crippen LogP contribution < -0.4 is 10.5 Å². The van der Waals surface area contributed by atoms with Gasteiger partial charge in [-0.2, -0.15) is 9.37 Å². The van der Waals surface area contributed by atoms with Crippen LogP contribution in [0.5, 0.6) is 5.88 Å². The van der Waals surface area contributed by atoms with E-state index in [-0.39, 0.29) is 21.6 Å². The van der Waals surface area contributed by atoms with E-state index >= 15 is 0 Å². The van der Waals surface area contributed by atoms with E-state index in [0.29, 0.717) is 6.61 Å². The molecule has 1 rings (SSSR count). The summed E-state index contributed by atoms with van der Waals surface area (Å²) < 4.78 is 23.6. The summed E-state index contributed by atoms with van der Waals surface area (Å²) in [6.45, 7) is 2.13. The van der Waals surface area contributed by atoms with Crippen LogP contribution in [0.1, 0.15) is 71.1 Å². The number of aromatic nitrogens is 1. The summed E-state index contributed by atoms with van der Waals surface area (Å²) >= 11 is 11.4. The molecule has 8 heteroatoms. The monoisotopic (exact) mass is 422 g/mol. The highest BCUT2D eigenvalue weighted by atomic mass is 35.5. The molecule has 0 aliphatic carbocycles. The lowest BCUT2D eigenvalue weighted by Gasteiger charge is -2.10. The van der Waals surface area contributed by atoms with E-state index in [1.54, 1.807) is 0 Å². The Labute approximate surface area is 170 Å². The molecular formula is C19H29Cl2FN2O3. The molecule has 5 nitrogen and oxygen atoms in total. The van der Waals surface area contributed by atoms with Gasteiger partial charge in [0.1, 0.15) is 10.0 Å². The number of unbranched alkanes of at least 4 members (excludes halogenated alkanes) is 9. The number of halogens is 3. The average molecular weight is 423 g/mol. The molecule has 0 amide bonds. The van der Waals surface area contributed by atoms with Crippen LogP contribution >= 0.6 is 23.2 Å². The summed E-state index contributed by atoms with van der Waals surface area (Å²) in [6.07, 6.45) is 12.0. The van der Waals surface area contributed by atoms with Crippen molar-refractivity contribution in [2.45, 2.75) is 71.1 Å². The predicted octanol–water partition coefficient (Wildman–Crippen LogP) is 5.95. The number of nitrogens with two attached hydrogens (primary N) is 1. The molecule has 0 aliphatic rings. The molecule has 0 aliphatic heterocycles. The van der Waals surface area contributed by atoms with Crippen molar-refractivity contribution in [3.8, 4) is 5.88 Å². The molecule has 2 N–H and O–H groups in total. The number of esters is 1. The molecule has 1 aromatic heterocycles. The van der Waals surface area contributed by atoms with Crippen LogP contribution in [0, 0.1) is 5.95 Å². The third-order valence-electron chi connectivity index (χ3n) is 4.13. The van der Waals surface area contributed by atoms with Crippen molar-refractivity contribution in [3.05, 3.63) is 16.0 Å². The van der Waals surface area contributed by atoms with Gasteiger partial charge in [-0.3, -0.25) is 0 Å². The highest BCUT2D eigenvalue weighted by Crippen LogP contribution is 2.35. The van der Waals surface area contributed by atoms with E-state index in [1.165, 1.54) is 44.9 Å². The molecular weight excluding hydrogens is 394 g/mol. The SMILES string of the molecule is CCCCCCCCCCCCOC(=O)COc1nc(F)c(Cl)c(N)c1Cl. The molecule has 1 heterocycles. The average Bonchev–Trinajstić information content (AvgIpc) is 2.66. The number of ether oxygens (including phenoxy) is 2. The van der Waals surface area contributed by atoms with Gasteiger partial charge in [-0.1, -0.05) is 87.9 Å². The second-order valence-electron chi connectivity index (χ2n) is 6.44. The number of nitrogens with zero attached hydrogens (tertiary/aromatic N) is 1. The standard InChI is InChI=1S/C19H29Cl2FN2O3/c1-2-3-4-5-6-7-8-9-10-11-12-26-14(25)13-27-19-16(21)17(23)15(20)18(22)24-19/h2-13H2,1H3,(H2,23,24). The molecule has 0 aromatic carbocycles. The molecule has 0 saturated carbocycles. The van der Waals surface area contributed by atoms with Crippen LogP contribution in [0.2, 0.25) is 10.0 Å². The fourth-order valence-electron chi connectivity index (χ4n) is 2.55. The zero-order chi connectivity index (χ0) is 20.1. The van der Waals surface area contributed by atoms with Crippen LogP contribution in [0.15, 0.2) is 0 Å². The van der Waals surface area contributed by atoms with Gasteiger partial charge in [0.15, 0.2) is 6.61 Å². The van der Waals surface area contributed by atoms with Gasteiger partial charge in [0, 0.05) is 0 Å². The summed E-state index contributed by atoms with van der Waals surface area (Å²) in [5, 5.41) is -0.514. The third kappa shape index (κ3) is 9.47. The lowest BCUT2D eigenvalue weighted by atomic mass is 10.1. The minimum atomic E-state index is -1.01. The smallest absolute Gasteiger partial charge is 0.344 e. The van der Waals surface area contributed by atoms with Gasteiger partial charge < -0.3 is 15.2 Å². The summed E-state index contributed by atoms with van der Waals surface area (Å²) in [6, 6.07) is 0. The maximum Gasteiger partial charge on any atom is 0.344 e. The van der Waals surface area contributed by atoms with Crippen molar-refractivity contribution in [2.75, 3.05) is 18.9 Å². The molecule has 0 spiro atoms. The maximum atomic E-state index is 13.4. The molecule has 0 unspecified atom stereocenters. The van der Waals surface area contributed by atoms with Crippen molar-refractivity contribution in [1.82, 2.24) is 4.98 Å². The summed E-state index contributed by atoms with van der Waals surface area (Å²) in [4.78, 5) is 15.1. The van der Waals surface area contributed by atoms with Crippen molar-refractivity contribution < 1.29 is 18.7 Å². The number of hydrogen-bond acceptors (Lipinski definition) is 5. The van der Waals surface area contributed by atoms with Crippen molar-refractivity contribution >= 4 is 34.9 Å². The third-order valence-corrected chi connectivity index (χ3v) is 4.85. The van der Waals surface area contributed by atoms with Gasteiger partial charge >= 0.3 is 5.97 Å². The lowest BCUT2D eigenvalue weighted by molar-refractivity contribution is -0.146. The summed E-state index contributed by atoms with van der Waals surface area (Å²) in [7, 11) is 0. The number of rotatable bonds is 14. The van der Waals surface area contributed by atoms with Crippen LogP contribution in [0.4, 0.5) is 10.1 Å². The topological polar surface area (TPSA) is 74.4 Å². The molecule has 0 fully saturated rings. The van der Waals surface area contributed by atoms with Crippen molar-refractivity contribution in [3.63, 3.8) is 0 Å². The highest BCUT2D eigenvalue weighted by Gasteiger charge is 2.17. The number of carbonyl (C=O) groups is 1. The molecule has 0 radical (unpaired) electrons. The van der Waals surface area contributed by atoms with Crippen LogP contribution in [-0.2, 0) is 9.53 Å². The van der Waals surface area contributed by atoms with E-state index in [9.17, 15) is 9.18 Å².